The molecule has 3 rings (SSSR count). The highest BCUT2D eigenvalue weighted by Gasteiger charge is 2.40. The summed E-state index contributed by atoms with van der Waals surface area (Å²) < 4.78 is 23.2. The second-order valence-corrected chi connectivity index (χ2v) is 8.25. The van der Waals surface area contributed by atoms with E-state index in [-0.39, 0.29) is 17.5 Å². The summed E-state index contributed by atoms with van der Waals surface area (Å²) in [6, 6.07) is 7.47. The lowest BCUT2D eigenvalue weighted by molar-refractivity contribution is 0.0793. The number of sulfone groups is 1. The lowest BCUT2D eigenvalue weighted by Gasteiger charge is -2.39. The normalized spacial score (nSPS) is 29.7. The molecule has 0 aliphatic carbocycles. The third kappa shape index (κ3) is 3.18. The van der Waals surface area contributed by atoms with Gasteiger partial charge in [-0.05, 0) is 12.1 Å². The van der Waals surface area contributed by atoms with E-state index in [1.54, 1.807) is 0 Å². The van der Waals surface area contributed by atoms with E-state index in [0.717, 1.165) is 36.9 Å². The highest BCUT2D eigenvalue weighted by atomic mass is 35.5. The Morgan fingerprint density at radius 3 is 2.33 bits per heavy atom. The summed E-state index contributed by atoms with van der Waals surface area (Å²) in [7, 11) is -3.09. The summed E-state index contributed by atoms with van der Waals surface area (Å²) in [5.41, 5.74) is 1.01. The SMILES string of the molecule is O=S1(=O)C[C@H](O)[C@@H](N2CCN(c3ccccc3Cl)CC2)C1. The molecular formula is C14H19ClN2O3S. The van der Waals surface area contributed by atoms with Crippen LogP contribution in [0.5, 0.6) is 0 Å². The minimum atomic E-state index is -3.09. The average Bonchev–Trinajstić information content (AvgIpc) is 2.73. The van der Waals surface area contributed by atoms with Crippen molar-refractivity contribution in [2.75, 3.05) is 42.6 Å². The molecule has 2 fully saturated rings. The zero-order chi connectivity index (χ0) is 15.0. The fourth-order valence-corrected chi connectivity index (χ4v) is 5.25. The Morgan fingerprint density at radius 1 is 1.10 bits per heavy atom. The Morgan fingerprint density at radius 2 is 1.76 bits per heavy atom. The van der Waals surface area contributed by atoms with Crippen LogP contribution in [0.15, 0.2) is 24.3 Å². The summed E-state index contributed by atoms with van der Waals surface area (Å²) >= 11 is 6.21. The molecule has 0 saturated carbocycles. The largest absolute Gasteiger partial charge is 0.390 e. The van der Waals surface area contributed by atoms with Crippen molar-refractivity contribution >= 4 is 27.1 Å². The molecule has 2 aliphatic rings. The van der Waals surface area contributed by atoms with E-state index in [1.165, 1.54) is 0 Å². The van der Waals surface area contributed by atoms with Crippen LogP contribution in [0.25, 0.3) is 0 Å². The van der Waals surface area contributed by atoms with Gasteiger partial charge in [-0.25, -0.2) is 8.42 Å². The van der Waals surface area contributed by atoms with Crippen LogP contribution in [0, 0.1) is 0 Å². The number of benzene rings is 1. The fraction of sp³-hybridized carbons (Fsp3) is 0.571. The van der Waals surface area contributed by atoms with Gasteiger partial charge < -0.3 is 10.0 Å². The van der Waals surface area contributed by atoms with Crippen molar-refractivity contribution in [3.63, 3.8) is 0 Å². The number of rotatable bonds is 2. The molecule has 1 N–H and O–H groups in total. The van der Waals surface area contributed by atoms with Crippen LogP contribution in [-0.2, 0) is 9.84 Å². The van der Waals surface area contributed by atoms with E-state index in [9.17, 15) is 13.5 Å². The molecule has 0 aromatic heterocycles. The number of aliphatic hydroxyl groups excluding tert-OH is 1. The first-order valence-electron chi connectivity index (χ1n) is 7.08. The monoisotopic (exact) mass is 330 g/mol. The number of piperazine rings is 1. The van der Waals surface area contributed by atoms with E-state index in [4.69, 9.17) is 11.6 Å². The molecule has 0 radical (unpaired) electrons. The van der Waals surface area contributed by atoms with Crippen molar-refractivity contribution in [2.24, 2.45) is 0 Å². The lowest BCUT2D eigenvalue weighted by atomic mass is 10.1. The quantitative estimate of drug-likeness (QED) is 0.861. The molecule has 2 atom stereocenters. The minimum Gasteiger partial charge on any atom is -0.390 e. The highest BCUT2D eigenvalue weighted by Crippen LogP contribution is 2.27. The van der Waals surface area contributed by atoms with Crippen LogP contribution in [0.3, 0.4) is 0 Å². The highest BCUT2D eigenvalue weighted by molar-refractivity contribution is 7.91. The molecule has 0 amide bonds. The zero-order valence-electron chi connectivity index (χ0n) is 11.7. The summed E-state index contributed by atoms with van der Waals surface area (Å²) in [6.07, 6.45) is -0.762. The van der Waals surface area contributed by atoms with E-state index in [1.807, 2.05) is 24.3 Å². The van der Waals surface area contributed by atoms with E-state index in [2.05, 4.69) is 9.80 Å². The number of para-hydroxylation sites is 1. The Balaban J connectivity index is 1.65. The van der Waals surface area contributed by atoms with Gasteiger partial charge in [0.05, 0.1) is 34.4 Å². The molecule has 21 heavy (non-hydrogen) atoms. The molecule has 1 aromatic carbocycles. The van der Waals surface area contributed by atoms with Crippen molar-refractivity contribution in [1.29, 1.82) is 0 Å². The van der Waals surface area contributed by atoms with Gasteiger partial charge in [-0.15, -0.1) is 0 Å². The Hall–Kier alpha value is -0.820. The molecule has 0 bridgehead atoms. The first-order chi connectivity index (χ1) is 9.96. The minimum absolute atomic E-state index is 0.0697. The second kappa shape index (κ2) is 5.76. The summed E-state index contributed by atoms with van der Waals surface area (Å²) in [5.74, 6) is -0.0390. The van der Waals surface area contributed by atoms with Gasteiger partial charge in [0, 0.05) is 26.2 Å². The molecule has 116 valence electrons. The maximum Gasteiger partial charge on any atom is 0.154 e. The van der Waals surface area contributed by atoms with Gasteiger partial charge in [0.2, 0.25) is 0 Å². The Labute approximate surface area is 130 Å². The van der Waals surface area contributed by atoms with E-state index < -0.39 is 15.9 Å². The molecule has 7 heteroatoms. The van der Waals surface area contributed by atoms with Crippen LogP contribution in [0.1, 0.15) is 0 Å². The topological polar surface area (TPSA) is 60.9 Å². The molecule has 2 aliphatic heterocycles. The maximum atomic E-state index is 11.6. The van der Waals surface area contributed by atoms with Crippen LogP contribution < -0.4 is 4.90 Å². The first-order valence-corrected chi connectivity index (χ1v) is 9.28. The van der Waals surface area contributed by atoms with Gasteiger partial charge in [-0.2, -0.15) is 0 Å². The Bertz CT molecular complexity index is 614. The number of hydrogen-bond donors (Lipinski definition) is 1. The van der Waals surface area contributed by atoms with Gasteiger partial charge in [-0.1, -0.05) is 23.7 Å². The predicted octanol–water partition coefficient (Wildman–Crippen LogP) is 0.620. The van der Waals surface area contributed by atoms with Gasteiger partial charge in [-0.3, -0.25) is 4.90 Å². The van der Waals surface area contributed by atoms with Crippen molar-refractivity contribution in [1.82, 2.24) is 4.90 Å². The third-order valence-corrected chi connectivity index (χ3v) is 6.29. The van der Waals surface area contributed by atoms with Crippen molar-refractivity contribution in [3.8, 4) is 0 Å². The number of hydrogen-bond acceptors (Lipinski definition) is 5. The summed E-state index contributed by atoms with van der Waals surface area (Å²) in [4.78, 5) is 4.29. The summed E-state index contributed by atoms with van der Waals surface area (Å²) in [6.45, 7) is 3.05. The van der Waals surface area contributed by atoms with Gasteiger partial charge >= 0.3 is 0 Å². The third-order valence-electron chi connectivity index (χ3n) is 4.27. The van der Waals surface area contributed by atoms with Crippen LogP contribution in [-0.4, -0.2) is 68.3 Å². The lowest BCUT2D eigenvalue weighted by Crippen LogP contribution is -2.53. The maximum absolute atomic E-state index is 11.6. The van der Waals surface area contributed by atoms with Crippen molar-refractivity contribution in [2.45, 2.75) is 12.1 Å². The van der Waals surface area contributed by atoms with E-state index in [0.29, 0.717) is 0 Å². The zero-order valence-corrected chi connectivity index (χ0v) is 13.2. The number of aliphatic hydroxyl groups is 1. The van der Waals surface area contributed by atoms with Gasteiger partial charge in [0.25, 0.3) is 0 Å². The first kappa shape index (κ1) is 15.1. The molecular weight excluding hydrogens is 312 g/mol. The molecule has 1 aromatic rings. The predicted molar refractivity (Wildman–Crippen MR) is 83.7 cm³/mol. The molecule has 2 heterocycles. The fourth-order valence-electron chi connectivity index (χ4n) is 3.16. The Kier molecular flexibility index (Phi) is 4.14. The average molecular weight is 331 g/mol. The number of anilines is 1. The van der Waals surface area contributed by atoms with Gasteiger partial charge in [0.1, 0.15) is 0 Å². The smallest absolute Gasteiger partial charge is 0.154 e. The van der Waals surface area contributed by atoms with Crippen LogP contribution >= 0.6 is 11.6 Å². The number of halogens is 1. The van der Waals surface area contributed by atoms with Crippen molar-refractivity contribution in [3.05, 3.63) is 29.3 Å². The molecule has 0 spiro atoms. The molecule has 2 saturated heterocycles. The van der Waals surface area contributed by atoms with Crippen LogP contribution in [0.4, 0.5) is 5.69 Å². The standard InChI is InChI=1S/C14H19ClN2O3S/c15-11-3-1-2-4-12(11)16-5-7-17(8-6-16)13-9-21(19,20)10-14(13)18/h1-4,13-14,18H,5-10H2/t13-,14-/m0/s1. The molecule has 5 nitrogen and oxygen atoms in total. The van der Waals surface area contributed by atoms with Crippen molar-refractivity contribution < 1.29 is 13.5 Å². The molecule has 0 unspecified atom stereocenters. The van der Waals surface area contributed by atoms with Gasteiger partial charge in [0.15, 0.2) is 9.84 Å². The van der Waals surface area contributed by atoms with E-state index >= 15 is 0 Å². The van der Waals surface area contributed by atoms with Crippen LogP contribution in [0.2, 0.25) is 5.02 Å². The second-order valence-electron chi connectivity index (χ2n) is 5.69. The number of nitrogens with zero attached hydrogens (tertiary/aromatic N) is 2. The summed E-state index contributed by atoms with van der Waals surface area (Å²) in [5, 5.41) is 10.7.